The summed E-state index contributed by atoms with van der Waals surface area (Å²) >= 11 is 0. The second-order valence-corrected chi connectivity index (χ2v) is 11.4. The van der Waals surface area contributed by atoms with Crippen molar-refractivity contribution in [2.24, 2.45) is 5.92 Å². The molecule has 0 spiro atoms. The predicted molar refractivity (Wildman–Crippen MR) is 163 cm³/mol. The molecule has 3 aromatic heterocycles. The highest BCUT2D eigenvalue weighted by Crippen LogP contribution is 2.45. The first-order valence-corrected chi connectivity index (χ1v) is 14.6. The van der Waals surface area contributed by atoms with Gasteiger partial charge in [-0.2, -0.15) is 10.4 Å². The molecule has 3 N–H and O–H groups in total. The van der Waals surface area contributed by atoms with E-state index < -0.39 is 0 Å². The number of hydrogen-bond acceptors (Lipinski definition) is 10. The highest BCUT2D eigenvalue weighted by atomic mass is 16.2. The van der Waals surface area contributed by atoms with Gasteiger partial charge in [-0.15, -0.1) is 10.2 Å². The van der Waals surface area contributed by atoms with Crippen molar-refractivity contribution in [2.45, 2.75) is 32.0 Å². The third-order valence-electron chi connectivity index (χ3n) is 8.29. The number of carbonyl (C=O) groups excluding carboxylic acids is 2. The van der Waals surface area contributed by atoms with Gasteiger partial charge in [-0.05, 0) is 31.0 Å². The van der Waals surface area contributed by atoms with Gasteiger partial charge in [0.15, 0.2) is 11.5 Å². The molecule has 1 aliphatic carbocycles. The zero-order valence-electron chi connectivity index (χ0n) is 24.4. The van der Waals surface area contributed by atoms with Crippen molar-refractivity contribution in [3.8, 4) is 17.2 Å². The number of nitrogens with zero attached hydrogens (tertiary/aromatic N) is 8. The van der Waals surface area contributed by atoms with Gasteiger partial charge in [0.05, 0.1) is 47.2 Å². The molecular formula is C31H31N11O2. The number of nitriles is 1. The number of likely N-dealkylation sites (tertiary alicyclic amines) is 1. The topological polar surface area (TPSA) is 157 Å². The third kappa shape index (κ3) is 5.09. The Hall–Kier alpha value is -5.35. The van der Waals surface area contributed by atoms with Crippen LogP contribution in [-0.4, -0.2) is 68.9 Å². The summed E-state index contributed by atoms with van der Waals surface area (Å²) in [7, 11) is 3.58. The normalized spacial score (nSPS) is 15.9. The highest BCUT2D eigenvalue weighted by Gasteiger charge is 2.34. The van der Waals surface area contributed by atoms with E-state index in [0.29, 0.717) is 30.3 Å². The van der Waals surface area contributed by atoms with Gasteiger partial charge in [0.2, 0.25) is 5.91 Å². The molecule has 0 atom stereocenters. The summed E-state index contributed by atoms with van der Waals surface area (Å²) in [6.07, 6.45) is 3.67. The Balaban J connectivity index is 1.13. The molecule has 2 aliphatic heterocycles. The van der Waals surface area contributed by atoms with E-state index in [1.807, 2.05) is 37.5 Å². The molecule has 5 heterocycles. The number of fused-ring (bicyclic) bond motifs is 3. The number of anilines is 4. The molecule has 1 aromatic carbocycles. The Labute approximate surface area is 253 Å². The van der Waals surface area contributed by atoms with Crippen molar-refractivity contribution in [1.29, 1.82) is 5.26 Å². The van der Waals surface area contributed by atoms with E-state index in [1.165, 1.54) is 0 Å². The van der Waals surface area contributed by atoms with Crippen LogP contribution < -0.4 is 20.9 Å². The lowest BCUT2D eigenvalue weighted by Crippen LogP contribution is -2.48. The number of aromatic nitrogens is 5. The van der Waals surface area contributed by atoms with E-state index in [0.717, 1.165) is 59.8 Å². The average molecular weight is 590 g/mol. The summed E-state index contributed by atoms with van der Waals surface area (Å²) in [6, 6.07) is 15.5. The Morgan fingerprint density at radius 2 is 1.89 bits per heavy atom. The molecule has 1 saturated carbocycles. The molecule has 0 unspecified atom stereocenters. The van der Waals surface area contributed by atoms with Gasteiger partial charge in [-0.3, -0.25) is 19.2 Å². The van der Waals surface area contributed by atoms with Crippen LogP contribution in [0.4, 0.5) is 22.9 Å². The van der Waals surface area contributed by atoms with Crippen molar-refractivity contribution >= 4 is 34.7 Å². The van der Waals surface area contributed by atoms with E-state index in [-0.39, 0.29) is 29.5 Å². The average Bonchev–Trinajstić information content (AvgIpc) is 3.79. The molecule has 13 heteroatoms. The largest absolute Gasteiger partial charge is 0.366 e. The summed E-state index contributed by atoms with van der Waals surface area (Å²) in [5.74, 6) is -0.163. The zero-order valence-corrected chi connectivity index (χ0v) is 24.4. The van der Waals surface area contributed by atoms with Crippen LogP contribution in [0.25, 0.3) is 11.1 Å². The first-order chi connectivity index (χ1) is 21.4. The van der Waals surface area contributed by atoms with Gasteiger partial charge in [0, 0.05) is 56.8 Å². The van der Waals surface area contributed by atoms with Crippen molar-refractivity contribution in [2.75, 3.05) is 42.7 Å². The number of hydrogen-bond donors (Lipinski definition) is 3. The van der Waals surface area contributed by atoms with E-state index in [1.54, 1.807) is 19.2 Å². The molecule has 7 rings (SSSR count). The standard InChI is InChI=1S/C31H31N11O2/c1-33-31(44)28-25(11-27(38-39-28)37-30(43)18-9-10-18)36-24-8-4-7-22-23-13-34-42(26(23)17-40(2)29(22)24)21-15-41(16-21)14-20-6-3-5-19(12-32)35-20/h3-8,11,13,18,21H,9-10,14-17H2,1-2H3,(H,33,44)(H2,36,37,38,43). The first kappa shape index (κ1) is 27.5. The number of benzene rings is 1. The summed E-state index contributed by atoms with van der Waals surface area (Å²) in [5.41, 5.74) is 6.91. The first-order valence-electron chi connectivity index (χ1n) is 14.6. The van der Waals surface area contributed by atoms with Crippen LogP contribution in [-0.2, 0) is 17.9 Å². The van der Waals surface area contributed by atoms with Crippen LogP contribution in [0.3, 0.4) is 0 Å². The maximum absolute atomic E-state index is 12.7. The lowest BCUT2D eigenvalue weighted by molar-refractivity contribution is -0.117. The quantitative estimate of drug-likeness (QED) is 0.279. The van der Waals surface area contributed by atoms with Crippen molar-refractivity contribution < 1.29 is 9.59 Å². The zero-order chi connectivity index (χ0) is 30.4. The number of rotatable bonds is 8. The Kier molecular flexibility index (Phi) is 6.90. The van der Waals surface area contributed by atoms with Crippen molar-refractivity contribution in [1.82, 2.24) is 35.2 Å². The van der Waals surface area contributed by atoms with E-state index >= 15 is 0 Å². The minimum absolute atomic E-state index is 0.0123. The van der Waals surface area contributed by atoms with Gasteiger partial charge in [0.25, 0.3) is 5.91 Å². The fourth-order valence-electron chi connectivity index (χ4n) is 5.90. The minimum Gasteiger partial charge on any atom is -0.366 e. The van der Waals surface area contributed by atoms with Gasteiger partial charge < -0.3 is 20.9 Å². The number of para-hydroxylation sites is 1. The fourth-order valence-corrected chi connectivity index (χ4v) is 5.90. The van der Waals surface area contributed by atoms with Crippen LogP contribution in [0.2, 0.25) is 0 Å². The van der Waals surface area contributed by atoms with Gasteiger partial charge in [0.1, 0.15) is 11.8 Å². The number of amides is 2. The van der Waals surface area contributed by atoms with Crippen LogP contribution in [0.5, 0.6) is 0 Å². The van der Waals surface area contributed by atoms with Crippen LogP contribution >= 0.6 is 0 Å². The Bertz CT molecular complexity index is 1820. The van der Waals surface area contributed by atoms with Crippen molar-refractivity contribution in [3.63, 3.8) is 0 Å². The number of pyridine rings is 1. The molecule has 0 bridgehead atoms. The number of nitrogens with one attached hydrogen (secondary N) is 3. The molecule has 2 fully saturated rings. The van der Waals surface area contributed by atoms with E-state index in [9.17, 15) is 9.59 Å². The van der Waals surface area contributed by atoms with E-state index in [2.05, 4.69) is 57.7 Å². The molecule has 4 aromatic rings. The molecule has 222 valence electrons. The summed E-state index contributed by atoms with van der Waals surface area (Å²) in [4.78, 5) is 33.9. The SMILES string of the molecule is CNC(=O)c1nnc(NC(=O)C2CC2)cc1Nc1cccc2c1N(C)Cc1c-2cnn1C1CN(Cc2cccc(C#N)n2)C1. The summed E-state index contributed by atoms with van der Waals surface area (Å²) < 4.78 is 2.13. The van der Waals surface area contributed by atoms with E-state index in [4.69, 9.17) is 10.4 Å². The van der Waals surface area contributed by atoms with Crippen LogP contribution in [0, 0.1) is 17.2 Å². The summed E-state index contributed by atoms with van der Waals surface area (Å²) in [5, 5.41) is 31.0. The fraction of sp³-hybridized carbons (Fsp3) is 0.323. The Morgan fingerprint density at radius 1 is 1.07 bits per heavy atom. The molecular weight excluding hydrogens is 558 g/mol. The van der Waals surface area contributed by atoms with Gasteiger partial charge in [-0.1, -0.05) is 18.2 Å². The Morgan fingerprint density at radius 3 is 2.66 bits per heavy atom. The smallest absolute Gasteiger partial charge is 0.273 e. The molecule has 0 radical (unpaired) electrons. The summed E-state index contributed by atoms with van der Waals surface area (Å²) in [6.45, 7) is 3.05. The lowest BCUT2D eigenvalue weighted by Gasteiger charge is -2.40. The molecule has 1 saturated heterocycles. The molecule has 3 aliphatic rings. The maximum atomic E-state index is 12.7. The maximum Gasteiger partial charge on any atom is 0.273 e. The lowest BCUT2D eigenvalue weighted by atomic mass is 9.97. The highest BCUT2D eigenvalue weighted by molar-refractivity contribution is 6.01. The molecule has 13 nitrogen and oxygen atoms in total. The minimum atomic E-state index is -0.384. The second kappa shape index (κ2) is 11.1. The predicted octanol–water partition coefficient (Wildman–Crippen LogP) is 3.07. The van der Waals surface area contributed by atoms with Crippen LogP contribution in [0.15, 0.2) is 48.7 Å². The monoisotopic (exact) mass is 589 g/mol. The molecule has 2 amide bonds. The van der Waals surface area contributed by atoms with Crippen LogP contribution in [0.1, 0.15) is 46.5 Å². The third-order valence-corrected chi connectivity index (χ3v) is 8.29. The molecule has 44 heavy (non-hydrogen) atoms. The second-order valence-electron chi connectivity index (χ2n) is 11.4. The van der Waals surface area contributed by atoms with Gasteiger partial charge in [-0.25, -0.2) is 4.98 Å². The van der Waals surface area contributed by atoms with Crippen molar-refractivity contribution in [3.05, 3.63) is 71.4 Å². The number of carbonyl (C=O) groups is 2. The van der Waals surface area contributed by atoms with Gasteiger partial charge >= 0.3 is 0 Å².